The molecule has 0 spiro atoms. The normalized spacial score (nSPS) is 18.2. The van der Waals surface area contributed by atoms with E-state index in [0.717, 1.165) is 44.3 Å². The van der Waals surface area contributed by atoms with E-state index in [1.165, 1.54) is 10.9 Å². The van der Waals surface area contributed by atoms with Crippen LogP contribution in [0.25, 0.3) is 10.9 Å². The molecule has 1 saturated heterocycles. The molecule has 1 aromatic carbocycles. The second kappa shape index (κ2) is 7.05. The van der Waals surface area contributed by atoms with Crippen LogP contribution in [-0.4, -0.2) is 39.1 Å². The summed E-state index contributed by atoms with van der Waals surface area (Å²) in [4.78, 5) is 18.9. The monoisotopic (exact) mass is 334 g/mol. The highest BCUT2D eigenvalue weighted by Crippen LogP contribution is 2.26. The van der Waals surface area contributed by atoms with Crippen LogP contribution in [-0.2, 0) is 6.42 Å². The lowest BCUT2D eigenvalue weighted by Gasteiger charge is -2.20. The van der Waals surface area contributed by atoms with Crippen molar-refractivity contribution in [1.29, 1.82) is 0 Å². The molecule has 1 aliphatic heterocycles. The Morgan fingerprint density at radius 3 is 2.96 bits per heavy atom. The van der Waals surface area contributed by atoms with Gasteiger partial charge in [0.25, 0.3) is 5.91 Å². The second-order valence-electron chi connectivity index (χ2n) is 6.75. The van der Waals surface area contributed by atoms with E-state index in [1.54, 1.807) is 12.3 Å². The van der Waals surface area contributed by atoms with Gasteiger partial charge in [-0.3, -0.25) is 14.9 Å². The number of carbonyl (C=O) groups is 1. The number of benzene rings is 1. The minimum atomic E-state index is 0.0625. The van der Waals surface area contributed by atoms with Crippen molar-refractivity contribution >= 4 is 16.8 Å². The number of carbonyl (C=O) groups excluding carboxylic acids is 1. The molecular formula is C20H22N4O. The van der Waals surface area contributed by atoms with E-state index in [-0.39, 0.29) is 5.91 Å². The summed E-state index contributed by atoms with van der Waals surface area (Å²) in [6.07, 6.45) is 7.77. The van der Waals surface area contributed by atoms with Gasteiger partial charge in [-0.15, -0.1) is 0 Å². The molecule has 0 radical (unpaired) electrons. The smallest absolute Gasteiger partial charge is 0.271 e. The topological polar surface area (TPSA) is 61.9 Å². The van der Waals surface area contributed by atoms with Gasteiger partial charge in [-0.25, -0.2) is 0 Å². The lowest BCUT2D eigenvalue weighted by Crippen LogP contribution is -2.32. The average molecular weight is 334 g/mol. The van der Waals surface area contributed by atoms with Crippen molar-refractivity contribution in [3.8, 4) is 0 Å². The Kier molecular flexibility index (Phi) is 4.46. The molecule has 5 heteroatoms. The lowest BCUT2D eigenvalue weighted by atomic mass is 9.91. The van der Waals surface area contributed by atoms with Crippen LogP contribution in [0, 0.1) is 5.92 Å². The van der Waals surface area contributed by atoms with Gasteiger partial charge in [0.1, 0.15) is 5.69 Å². The second-order valence-corrected chi connectivity index (χ2v) is 6.75. The highest BCUT2D eigenvalue weighted by molar-refractivity contribution is 5.92. The van der Waals surface area contributed by atoms with Gasteiger partial charge in [0.2, 0.25) is 0 Å². The van der Waals surface area contributed by atoms with Crippen molar-refractivity contribution in [2.75, 3.05) is 13.1 Å². The van der Waals surface area contributed by atoms with E-state index in [9.17, 15) is 4.79 Å². The summed E-state index contributed by atoms with van der Waals surface area (Å²) < 4.78 is 0. The number of fused-ring (bicyclic) bond motifs is 1. The van der Waals surface area contributed by atoms with E-state index in [0.29, 0.717) is 11.6 Å². The van der Waals surface area contributed by atoms with Crippen molar-refractivity contribution in [2.45, 2.75) is 25.7 Å². The summed E-state index contributed by atoms with van der Waals surface area (Å²) in [6.45, 7) is 1.64. The molecule has 1 N–H and O–H groups in total. The molecule has 25 heavy (non-hydrogen) atoms. The first-order valence-electron chi connectivity index (χ1n) is 8.92. The van der Waals surface area contributed by atoms with Crippen molar-refractivity contribution < 1.29 is 4.79 Å². The van der Waals surface area contributed by atoms with E-state index in [2.05, 4.69) is 39.4 Å². The maximum absolute atomic E-state index is 12.5. The molecule has 1 amide bonds. The molecule has 5 nitrogen and oxygen atoms in total. The number of H-pyrrole nitrogens is 1. The van der Waals surface area contributed by atoms with Crippen LogP contribution in [0.3, 0.4) is 0 Å². The average Bonchev–Trinajstić information content (AvgIpc) is 3.09. The third-order valence-corrected chi connectivity index (χ3v) is 5.11. The number of aromatic nitrogens is 3. The van der Waals surface area contributed by atoms with E-state index < -0.39 is 0 Å². The number of hydrogen-bond acceptors (Lipinski definition) is 3. The minimum absolute atomic E-state index is 0.0625. The van der Waals surface area contributed by atoms with Crippen LogP contribution < -0.4 is 0 Å². The fourth-order valence-electron chi connectivity index (χ4n) is 3.77. The molecular weight excluding hydrogens is 312 g/mol. The molecule has 0 bridgehead atoms. The van der Waals surface area contributed by atoms with Gasteiger partial charge in [0.15, 0.2) is 0 Å². The Labute approximate surface area is 147 Å². The predicted molar refractivity (Wildman–Crippen MR) is 97.3 cm³/mol. The molecule has 4 rings (SSSR count). The van der Waals surface area contributed by atoms with Crippen molar-refractivity contribution in [3.05, 3.63) is 60.0 Å². The molecule has 2 aromatic heterocycles. The highest BCUT2D eigenvalue weighted by Gasteiger charge is 2.22. The number of rotatable bonds is 3. The fourth-order valence-corrected chi connectivity index (χ4v) is 3.77. The zero-order valence-corrected chi connectivity index (χ0v) is 14.2. The number of nitrogens with one attached hydrogen (secondary N) is 1. The number of amides is 1. The Balaban J connectivity index is 1.45. The van der Waals surface area contributed by atoms with Gasteiger partial charge in [-0.05, 0) is 55.4 Å². The SMILES string of the molecule is O=C(c1ccn[nH]1)N1CCC[C@H](Cc2cccc3ncccc23)CC1. The maximum atomic E-state index is 12.5. The van der Waals surface area contributed by atoms with Crippen LogP contribution >= 0.6 is 0 Å². The Hall–Kier alpha value is -2.69. The Morgan fingerprint density at radius 2 is 2.08 bits per heavy atom. The summed E-state index contributed by atoms with van der Waals surface area (Å²) in [5.74, 6) is 0.665. The number of hydrogen-bond donors (Lipinski definition) is 1. The third kappa shape index (κ3) is 3.40. The molecule has 0 saturated carbocycles. The first-order valence-corrected chi connectivity index (χ1v) is 8.92. The van der Waals surface area contributed by atoms with Crippen LogP contribution in [0.1, 0.15) is 35.3 Å². The quantitative estimate of drug-likeness (QED) is 0.798. The van der Waals surface area contributed by atoms with Crippen LogP contribution in [0.4, 0.5) is 0 Å². The van der Waals surface area contributed by atoms with E-state index in [4.69, 9.17) is 0 Å². The molecule has 1 fully saturated rings. The largest absolute Gasteiger partial charge is 0.337 e. The minimum Gasteiger partial charge on any atom is -0.337 e. The summed E-state index contributed by atoms with van der Waals surface area (Å²) >= 11 is 0. The van der Waals surface area contributed by atoms with Crippen LogP contribution in [0.2, 0.25) is 0 Å². The van der Waals surface area contributed by atoms with E-state index >= 15 is 0 Å². The van der Waals surface area contributed by atoms with Gasteiger partial charge in [0, 0.05) is 30.9 Å². The van der Waals surface area contributed by atoms with Crippen molar-refractivity contribution in [3.63, 3.8) is 0 Å². The molecule has 1 atom stereocenters. The highest BCUT2D eigenvalue weighted by atomic mass is 16.2. The predicted octanol–water partition coefficient (Wildman–Crippen LogP) is 3.44. The van der Waals surface area contributed by atoms with Crippen LogP contribution in [0.15, 0.2) is 48.8 Å². The number of nitrogens with zero attached hydrogens (tertiary/aromatic N) is 3. The van der Waals surface area contributed by atoms with Gasteiger partial charge >= 0.3 is 0 Å². The zero-order valence-electron chi connectivity index (χ0n) is 14.2. The van der Waals surface area contributed by atoms with Gasteiger partial charge in [0.05, 0.1) is 5.52 Å². The van der Waals surface area contributed by atoms with Gasteiger partial charge < -0.3 is 4.90 Å². The molecule has 0 aliphatic carbocycles. The van der Waals surface area contributed by atoms with Gasteiger partial charge in [-0.1, -0.05) is 18.2 Å². The number of likely N-dealkylation sites (tertiary alicyclic amines) is 1. The number of aromatic amines is 1. The first-order chi connectivity index (χ1) is 12.3. The summed E-state index contributed by atoms with van der Waals surface area (Å²) in [5.41, 5.74) is 3.01. The maximum Gasteiger partial charge on any atom is 0.271 e. The van der Waals surface area contributed by atoms with E-state index in [1.807, 2.05) is 17.2 Å². The zero-order chi connectivity index (χ0) is 17.1. The third-order valence-electron chi connectivity index (χ3n) is 5.11. The lowest BCUT2D eigenvalue weighted by molar-refractivity contribution is 0.0754. The number of pyridine rings is 1. The first kappa shape index (κ1) is 15.8. The van der Waals surface area contributed by atoms with Crippen molar-refractivity contribution in [1.82, 2.24) is 20.1 Å². The Bertz CT molecular complexity index is 854. The fraction of sp³-hybridized carbons (Fsp3) is 0.350. The molecule has 128 valence electrons. The molecule has 1 aliphatic rings. The summed E-state index contributed by atoms with van der Waals surface area (Å²) in [5, 5.41) is 7.91. The van der Waals surface area contributed by atoms with Gasteiger partial charge in [-0.2, -0.15) is 5.10 Å². The molecule has 0 unspecified atom stereocenters. The molecule has 3 aromatic rings. The molecule has 3 heterocycles. The summed E-state index contributed by atoms with van der Waals surface area (Å²) in [7, 11) is 0. The Morgan fingerprint density at radius 1 is 1.12 bits per heavy atom. The standard InChI is InChI=1S/C20H22N4O/c25-20(19-8-11-22-23-19)24-12-3-4-15(9-13-24)14-16-5-1-7-18-17(16)6-2-10-21-18/h1-2,5-8,10-11,15H,3-4,9,12-14H2,(H,22,23)/t15-/m0/s1. The van der Waals surface area contributed by atoms with Crippen LogP contribution in [0.5, 0.6) is 0 Å². The summed E-state index contributed by atoms with van der Waals surface area (Å²) in [6, 6.07) is 12.3. The van der Waals surface area contributed by atoms with Crippen molar-refractivity contribution in [2.24, 2.45) is 5.92 Å².